The third-order valence-corrected chi connectivity index (χ3v) is 2.95. The first kappa shape index (κ1) is 10.5. The molecule has 4 nitrogen and oxygen atoms in total. The van der Waals surface area contributed by atoms with Gasteiger partial charge in [-0.25, -0.2) is 0 Å². The fraction of sp³-hybridized carbons (Fsp3) is 0.333. The number of hydrogen-bond acceptors (Lipinski definition) is 3. The van der Waals surface area contributed by atoms with Gasteiger partial charge in [-0.15, -0.1) is 0 Å². The Morgan fingerprint density at radius 1 is 1.56 bits per heavy atom. The van der Waals surface area contributed by atoms with Crippen molar-refractivity contribution in [3.63, 3.8) is 0 Å². The highest BCUT2D eigenvalue weighted by atomic mass is 16.2. The summed E-state index contributed by atoms with van der Waals surface area (Å²) in [6, 6.07) is 7.39. The molecule has 4 heteroatoms. The number of nitrogens with zero attached hydrogens (tertiary/aromatic N) is 2. The van der Waals surface area contributed by atoms with Crippen LogP contribution in [0.2, 0.25) is 0 Å². The summed E-state index contributed by atoms with van der Waals surface area (Å²) in [4.78, 5) is 13.7. The molecule has 1 aliphatic rings. The predicted octanol–water partition coefficient (Wildman–Crippen LogP) is 1.73. The van der Waals surface area contributed by atoms with Crippen molar-refractivity contribution in [2.24, 2.45) is 0 Å². The summed E-state index contributed by atoms with van der Waals surface area (Å²) in [6.45, 7) is 1.97. The van der Waals surface area contributed by atoms with Crippen molar-refractivity contribution in [2.45, 2.75) is 19.4 Å². The molecule has 1 unspecified atom stereocenters. The fourth-order valence-corrected chi connectivity index (χ4v) is 2.07. The average molecular weight is 215 g/mol. The van der Waals surface area contributed by atoms with Crippen molar-refractivity contribution in [3.8, 4) is 6.07 Å². The Morgan fingerprint density at radius 2 is 2.31 bits per heavy atom. The third-order valence-electron chi connectivity index (χ3n) is 2.95. The van der Waals surface area contributed by atoms with Gasteiger partial charge in [0.1, 0.15) is 12.1 Å². The van der Waals surface area contributed by atoms with E-state index in [9.17, 15) is 4.79 Å². The fourth-order valence-electron chi connectivity index (χ4n) is 2.07. The summed E-state index contributed by atoms with van der Waals surface area (Å²) < 4.78 is 0. The van der Waals surface area contributed by atoms with Gasteiger partial charge in [0.2, 0.25) is 5.91 Å². The lowest BCUT2D eigenvalue weighted by molar-refractivity contribution is -0.117. The first-order valence-electron chi connectivity index (χ1n) is 5.25. The molecule has 0 radical (unpaired) electrons. The Kier molecular flexibility index (Phi) is 2.53. The lowest BCUT2D eigenvalue weighted by Gasteiger charge is -2.34. The van der Waals surface area contributed by atoms with Crippen LogP contribution in [0.15, 0.2) is 18.2 Å². The van der Waals surface area contributed by atoms with E-state index in [0.717, 1.165) is 12.1 Å². The smallest absolute Gasteiger partial charge is 0.247 e. The van der Waals surface area contributed by atoms with Crippen LogP contribution in [0.5, 0.6) is 0 Å². The summed E-state index contributed by atoms with van der Waals surface area (Å²) in [6.07, 6.45) is 0.749. The number of nitrogens with one attached hydrogen (secondary N) is 1. The van der Waals surface area contributed by atoms with Gasteiger partial charge in [-0.1, -0.05) is 13.0 Å². The molecule has 2 rings (SSSR count). The number of likely N-dealkylation sites (N-methyl/N-ethyl adjacent to an activating group) is 1. The van der Waals surface area contributed by atoms with Crippen molar-refractivity contribution in [3.05, 3.63) is 23.8 Å². The SMILES string of the molecule is CCC1C(=O)Nc2c(C#N)cccc2N1C. The Labute approximate surface area is 94.5 Å². The van der Waals surface area contributed by atoms with Crippen molar-refractivity contribution < 1.29 is 4.79 Å². The first-order valence-corrected chi connectivity index (χ1v) is 5.25. The number of fused-ring (bicyclic) bond motifs is 1. The Bertz CT molecular complexity index is 476. The van der Waals surface area contributed by atoms with Gasteiger partial charge in [0.25, 0.3) is 0 Å². The molecular weight excluding hydrogens is 202 g/mol. The Hall–Kier alpha value is -2.02. The molecule has 1 N–H and O–H groups in total. The van der Waals surface area contributed by atoms with Gasteiger partial charge in [-0.05, 0) is 18.6 Å². The standard InChI is InChI=1S/C12H13N3O/c1-3-9-12(16)14-11-8(7-13)5-4-6-10(11)15(9)2/h4-6,9H,3H2,1-2H3,(H,14,16). The van der Waals surface area contributed by atoms with E-state index in [4.69, 9.17) is 5.26 Å². The minimum absolute atomic E-state index is 0.0415. The van der Waals surface area contributed by atoms with Crippen molar-refractivity contribution >= 4 is 17.3 Å². The zero-order chi connectivity index (χ0) is 11.7. The molecule has 0 saturated heterocycles. The molecule has 1 aromatic carbocycles. The van der Waals surface area contributed by atoms with E-state index in [2.05, 4.69) is 11.4 Å². The van der Waals surface area contributed by atoms with E-state index in [0.29, 0.717) is 11.3 Å². The van der Waals surface area contributed by atoms with Crippen LogP contribution in [0.3, 0.4) is 0 Å². The van der Waals surface area contributed by atoms with Crippen molar-refractivity contribution in [2.75, 3.05) is 17.3 Å². The molecule has 0 bridgehead atoms. The van der Waals surface area contributed by atoms with Crippen LogP contribution in [0.25, 0.3) is 0 Å². The zero-order valence-electron chi connectivity index (χ0n) is 9.32. The molecule has 1 amide bonds. The number of hydrogen-bond donors (Lipinski definition) is 1. The molecule has 1 aliphatic heterocycles. The first-order chi connectivity index (χ1) is 7.69. The predicted molar refractivity (Wildman–Crippen MR) is 62.3 cm³/mol. The van der Waals surface area contributed by atoms with Gasteiger partial charge in [0, 0.05) is 7.05 Å². The summed E-state index contributed by atoms with van der Waals surface area (Å²) in [5, 5.41) is 11.8. The van der Waals surface area contributed by atoms with E-state index in [1.807, 2.05) is 31.0 Å². The van der Waals surface area contributed by atoms with Crippen LogP contribution >= 0.6 is 0 Å². The normalized spacial score (nSPS) is 18.7. The molecular formula is C12H13N3O. The topological polar surface area (TPSA) is 56.1 Å². The van der Waals surface area contributed by atoms with Gasteiger partial charge in [0.15, 0.2) is 0 Å². The molecule has 16 heavy (non-hydrogen) atoms. The second-order valence-corrected chi connectivity index (χ2v) is 3.84. The van der Waals surface area contributed by atoms with Crippen molar-refractivity contribution in [1.29, 1.82) is 5.26 Å². The van der Waals surface area contributed by atoms with E-state index < -0.39 is 0 Å². The Morgan fingerprint density at radius 3 is 2.94 bits per heavy atom. The molecule has 1 atom stereocenters. The number of anilines is 2. The van der Waals surface area contributed by atoms with Gasteiger partial charge >= 0.3 is 0 Å². The molecule has 82 valence electrons. The van der Waals surface area contributed by atoms with Crippen LogP contribution in [0, 0.1) is 11.3 Å². The largest absolute Gasteiger partial charge is 0.361 e. The highest BCUT2D eigenvalue weighted by Gasteiger charge is 2.30. The van der Waals surface area contributed by atoms with E-state index in [1.54, 1.807) is 6.07 Å². The molecule has 1 aromatic rings. The number of carbonyl (C=O) groups is 1. The van der Waals surface area contributed by atoms with Gasteiger partial charge in [0.05, 0.1) is 16.9 Å². The van der Waals surface area contributed by atoms with Crippen LogP contribution < -0.4 is 10.2 Å². The van der Waals surface area contributed by atoms with Crippen LogP contribution in [-0.4, -0.2) is 19.0 Å². The summed E-state index contributed by atoms with van der Waals surface area (Å²) in [7, 11) is 1.88. The number of benzene rings is 1. The number of amides is 1. The molecule has 0 aliphatic carbocycles. The second-order valence-electron chi connectivity index (χ2n) is 3.84. The maximum Gasteiger partial charge on any atom is 0.247 e. The molecule has 1 heterocycles. The summed E-state index contributed by atoms with van der Waals surface area (Å²) in [5.74, 6) is -0.0415. The molecule has 0 fully saturated rings. The van der Waals surface area contributed by atoms with Crippen LogP contribution in [-0.2, 0) is 4.79 Å². The summed E-state index contributed by atoms with van der Waals surface area (Å²) in [5.41, 5.74) is 2.04. The number of nitriles is 1. The minimum atomic E-state index is -0.151. The summed E-state index contributed by atoms with van der Waals surface area (Å²) >= 11 is 0. The monoisotopic (exact) mass is 215 g/mol. The van der Waals surface area contributed by atoms with E-state index >= 15 is 0 Å². The lowest BCUT2D eigenvalue weighted by atomic mass is 10.0. The van der Waals surface area contributed by atoms with Crippen molar-refractivity contribution in [1.82, 2.24) is 0 Å². The van der Waals surface area contributed by atoms with Gasteiger partial charge in [-0.3, -0.25) is 4.79 Å². The van der Waals surface area contributed by atoms with Crippen LogP contribution in [0.1, 0.15) is 18.9 Å². The quantitative estimate of drug-likeness (QED) is 0.776. The lowest BCUT2D eigenvalue weighted by Crippen LogP contribution is -2.45. The van der Waals surface area contributed by atoms with Gasteiger partial charge in [-0.2, -0.15) is 5.26 Å². The maximum absolute atomic E-state index is 11.8. The minimum Gasteiger partial charge on any atom is -0.361 e. The number of para-hydroxylation sites is 1. The molecule has 0 saturated carbocycles. The second kappa shape index (κ2) is 3.86. The number of carbonyl (C=O) groups excluding carboxylic acids is 1. The highest BCUT2D eigenvalue weighted by molar-refractivity contribution is 6.04. The molecule has 0 spiro atoms. The third kappa shape index (κ3) is 1.41. The number of rotatable bonds is 1. The van der Waals surface area contributed by atoms with Crippen LogP contribution in [0.4, 0.5) is 11.4 Å². The highest BCUT2D eigenvalue weighted by Crippen LogP contribution is 2.34. The molecule has 0 aromatic heterocycles. The van der Waals surface area contributed by atoms with Gasteiger partial charge < -0.3 is 10.2 Å². The Balaban J connectivity index is 2.55. The average Bonchev–Trinajstić information content (AvgIpc) is 2.29. The van der Waals surface area contributed by atoms with E-state index in [-0.39, 0.29) is 11.9 Å². The van der Waals surface area contributed by atoms with E-state index in [1.165, 1.54) is 0 Å². The maximum atomic E-state index is 11.8. The zero-order valence-corrected chi connectivity index (χ0v) is 9.32.